The fourth-order valence-corrected chi connectivity index (χ4v) is 11.6. The van der Waals surface area contributed by atoms with Crippen molar-refractivity contribution in [1.82, 2.24) is 9.97 Å². The zero-order valence-electron chi connectivity index (χ0n) is 29.7. The Balaban J connectivity index is 1.22. The number of aromatic nitrogens is 2. The van der Waals surface area contributed by atoms with Gasteiger partial charge in [-0.15, -0.1) is 0 Å². The largest absolute Gasteiger partial charge is 0.228 e. The number of nitrogens with zero attached hydrogens (tertiary/aromatic N) is 2. The molecule has 2 heterocycles. The van der Waals surface area contributed by atoms with E-state index in [0.29, 0.717) is 0 Å². The second kappa shape index (κ2) is 12.4. The summed E-state index contributed by atoms with van der Waals surface area (Å²) in [5.41, 5.74) is 12.6. The van der Waals surface area contributed by atoms with Crippen LogP contribution in [0.4, 0.5) is 0 Å². The van der Waals surface area contributed by atoms with Crippen LogP contribution in [0.3, 0.4) is 0 Å². The average molecular weight is 693 g/mol. The number of rotatable bonds is 5. The van der Waals surface area contributed by atoms with Crippen molar-refractivity contribution in [3.8, 4) is 67.3 Å². The maximum Gasteiger partial charge on any atom is 0.161 e. The molecule has 3 heteroatoms. The Morgan fingerprint density at radius 3 is 1.53 bits per heavy atom. The molecule has 2 nitrogen and oxygen atoms in total. The number of benzene rings is 8. The van der Waals surface area contributed by atoms with Crippen molar-refractivity contribution in [3.05, 3.63) is 182 Å². The number of hydrogen-bond donors (Lipinski definition) is 0. The van der Waals surface area contributed by atoms with E-state index in [-0.39, 0.29) is 0 Å². The Hall–Kier alpha value is -6.42. The van der Waals surface area contributed by atoms with E-state index in [1.807, 2.05) is 0 Å². The second-order valence-corrected chi connectivity index (χ2v) is 18.9. The van der Waals surface area contributed by atoms with Crippen LogP contribution < -0.4 is 10.4 Å². The van der Waals surface area contributed by atoms with Gasteiger partial charge in [0.1, 0.15) is 8.07 Å². The van der Waals surface area contributed by atoms with Crippen LogP contribution in [-0.2, 0) is 0 Å². The van der Waals surface area contributed by atoms with Gasteiger partial charge in [0.05, 0.1) is 11.4 Å². The van der Waals surface area contributed by atoms with Gasteiger partial charge in [-0.3, -0.25) is 0 Å². The SMILES string of the molecule is C[Si]1(C)c2ccccc2-c2ccc(-c3c4ccccc4c(-c4nc(-c5ccccc5)cc(-c5cccc(-c6ccccc6)c5)n4)c4ccccc34)cc21. The van der Waals surface area contributed by atoms with E-state index < -0.39 is 8.07 Å². The molecule has 0 amide bonds. The molecule has 1 aliphatic rings. The summed E-state index contributed by atoms with van der Waals surface area (Å²) in [7, 11) is -1.87. The van der Waals surface area contributed by atoms with Crippen LogP contribution in [0.1, 0.15) is 0 Å². The van der Waals surface area contributed by atoms with Gasteiger partial charge in [-0.05, 0) is 77.4 Å². The topological polar surface area (TPSA) is 25.8 Å². The van der Waals surface area contributed by atoms with Crippen LogP contribution in [-0.4, -0.2) is 18.0 Å². The van der Waals surface area contributed by atoms with E-state index >= 15 is 0 Å². The Bertz CT molecular complexity index is 2800. The maximum atomic E-state index is 5.42. The number of fused-ring (bicyclic) bond motifs is 5. The van der Waals surface area contributed by atoms with Gasteiger partial charge in [0.15, 0.2) is 5.82 Å². The highest BCUT2D eigenvalue weighted by molar-refractivity contribution is 7.03. The van der Waals surface area contributed by atoms with E-state index in [9.17, 15) is 0 Å². The molecule has 0 fully saturated rings. The van der Waals surface area contributed by atoms with Crippen LogP contribution in [0.25, 0.3) is 88.8 Å². The second-order valence-electron chi connectivity index (χ2n) is 14.5. The minimum Gasteiger partial charge on any atom is -0.228 e. The summed E-state index contributed by atoms with van der Waals surface area (Å²) in [6, 6.07) is 65.7. The predicted octanol–water partition coefficient (Wildman–Crippen LogP) is 11.9. The zero-order valence-corrected chi connectivity index (χ0v) is 30.7. The van der Waals surface area contributed by atoms with E-state index in [0.717, 1.165) is 50.2 Å². The average Bonchev–Trinajstić information content (AvgIpc) is 3.45. The van der Waals surface area contributed by atoms with Gasteiger partial charge in [-0.25, -0.2) is 9.97 Å². The first-order valence-electron chi connectivity index (χ1n) is 18.3. The molecule has 0 atom stereocenters. The molecule has 0 aliphatic carbocycles. The molecular formula is C50H36N2Si. The van der Waals surface area contributed by atoms with E-state index in [2.05, 4.69) is 195 Å². The smallest absolute Gasteiger partial charge is 0.161 e. The molecular weight excluding hydrogens is 657 g/mol. The van der Waals surface area contributed by atoms with Crippen molar-refractivity contribution < 1.29 is 0 Å². The predicted molar refractivity (Wildman–Crippen MR) is 226 cm³/mol. The lowest BCUT2D eigenvalue weighted by molar-refractivity contribution is 1.19. The molecule has 0 spiro atoms. The van der Waals surface area contributed by atoms with Crippen molar-refractivity contribution in [2.24, 2.45) is 0 Å². The summed E-state index contributed by atoms with van der Waals surface area (Å²) >= 11 is 0. The number of hydrogen-bond acceptors (Lipinski definition) is 2. The van der Waals surface area contributed by atoms with Crippen LogP contribution in [0.2, 0.25) is 13.1 Å². The zero-order chi connectivity index (χ0) is 35.5. The fraction of sp³-hybridized carbons (Fsp3) is 0.0400. The molecule has 0 bridgehead atoms. The van der Waals surface area contributed by atoms with Crippen molar-refractivity contribution in [2.75, 3.05) is 0 Å². The lowest BCUT2D eigenvalue weighted by Crippen LogP contribution is -2.49. The first-order chi connectivity index (χ1) is 26.0. The third kappa shape index (κ3) is 5.15. The summed E-state index contributed by atoms with van der Waals surface area (Å²) in [6.45, 7) is 4.98. The van der Waals surface area contributed by atoms with Gasteiger partial charge in [0.2, 0.25) is 0 Å². The lowest BCUT2D eigenvalue weighted by atomic mass is 9.87. The normalized spacial score (nSPS) is 12.9. The summed E-state index contributed by atoms with van der Waals surface area (Å²) in [5.74, 6) is 0.725. The summed E-state index contributed by atoms with van der Waals surface area (Å²) < 4.78 is 0. The van der Waals surface area contributed by atoms with Crippen LogP contribution >= 0.6 is 0 Å². The lowest BCUT2D eigenvalue weighted by Gasteiger charge is -2.21. The molecule has 0 unspecified atom stereocenters. The monoisotopic (exact) mass is 692 g/mol. The van der Waals surface area contributed by atoms with E-state index in [4.69, 9.17) is 9.97 Å². The van der Waals surface area contributed by atoms with Crippen LogP contribution in [0.15, 0.2) is 182 Å². The van der Waals surface area contributed by atoms with Gasteiger partial charge in [0, 0.05) is 16.7 Å². The first-order valence-corrected chi connectivity index (χ1v) is 21.3. The molecule has 1 aromatic heterocycles. The van der Waals surface area contributed by atoms with Gasteiger partial charge in [-0.1, -0.05) is 183 Å². The van der Waals surface area contributed by atoms with Crippen molar-refractivity contribution >= 4 is 40.0 Å². The van der Waals surface area contributed by atoms with Crippen LogP contribution in [0, 0.1) is 0 Å². The van der Waals surface area contributed by atoms with Crippen molar-refractivity contribution in [1.29, 1.82) is 0 Å². The molecule has 0 radical (unpaired) electrons. The molecule has 0 saturated carbocycles. The molecule has 9 aromatic rings. The maximum absolute atomic E-state index is 5.42. The summed E-state index contributed by atoms with van der Waals surface area (Å²) in [5, 5.41) is 7.74. The molecule has 1 aliphatic heterocycles. The highest BCUT2D eigenvalue weighted by Crippen LogP contribution is 2.44. The van der Waals surface area contributed by atoms with Gasteiger partial charge >= 0.3 is 0 Å². The molecule has 53 heavy (non-hydrogen) atoms. The Morgan fingerprint density at radius 2 is 0.849 bits per heavy atom. The fourth-order valence-electron chi connectivity index (χ4n) is 8.49. The van der Waals surface area contributed by atoms with Crippen molar-refractivity contribution in [2.45, 2.75) is 13.1 Å². The Kier molecular flexibility index (Phi) is 7.31. The van der Waals surface area contributed by atoms with Gasteiger partial charge in [0.25, 0.3) is 0 Å². The van der Waals surface area contributed by atoms with E-state index in [1.54, 1.807) is 0 Å². The highest BCUT2D eigenvalue weighted by Gasteiger charge is 2.37. The molecule has 0 N–H and O–H groups in total. The minimum absolute atomic E-state index is 0.725. The minimum atomic E-state index is -1.87. The highest BCUT2D eigenvalue weighted by atomic mass is 28.3. The molecule has 8 aromatic carbocycles. The van der Waals surface area contributed by atoms with Gasteiger partial charge in [-0.2, -0.15) is 0 Å². The molecule has 250 valence electrons. The third-order valence-corrected chi connectivity index (χ3v) is 14.6. The van der Waals surface area contributed by atoms with Crippen molar-refractivity contribution in [3.63, 3.8) is 0 Å². The third-order valence-electron chi connectivity index (χ3n) is 11.1. The van der Waals surface area contributed by atoms with E-state index in [1.165, 1.54) is 49.0 Å². The molecule has 0 saturated heterocycles. The molecule has 10 rings (SSSR count). The van der Waals surface area contributed by atoms with Crippen LogP contribution in [0.5, 0.6) is 0 Å². The quantitative estimate of drug-likeness (QED) is 0.133. The summed E-state index contributed by atoms with van der Waals surface area (Å²) in [4.78, 5) is 10.8. The standard InChI is InChI=1S/C50H36N2Si/c1-53(2)46-27-14-13-22-38(46)39-29-28-37(31-47(39)53)48-40-23-9-11-25-42(40)49(43-26-12-10-24-41(43)48)50-51-44(34-18-7-4-8-19-34)32-45(52-50)36-21-15-20-35(30-36)33-16-5-3-6-17-33/h3-32H,1-2H3. The Morgan fingerprint density at radius 1 is 0.340 bits per heavy atom. The Labute approximate surface area is 311 Å². The first kappa shape index (κ1) is 31.3. The summed E-state index contributed by atoms with van der Waals surface area (Å²) in [6.07, 6.45) is 0. The van der Waals surface area contributed by atoms with Gasteiger partial charge < -0.3 is 0 Å².